The molecule has 1 atom stereocenters. The van der Waals surface area contributed by atoms with E-state index in [0.717, 1.165) is 5.56 Å². The number of nitrogens with zero attached hydrogens (tertiary/aromatic N) is 2. The van der Waals surface area contributed by atoms with E-state index in [1.165, 1.54) is 11.8 Å². The van der Waals surface area contributed by atoms with Crippen molar-refractivity contribution in [3.8, 4) is 0 Å². The lowest BCUT2D eigenvalue weighted by Crippen LogP contribution is -2.28. The number of aryl methyl sites for hydroxylation is 1. The minimum atomic E-state index is -3.59. The first-order valence-electron chi connectivity index (χ1n) is 7.87. The van der Waals surface area contributed by atoms with Crippen LogP contribution in [0.25, 0.3) is 0 Å². The van der Waals surface area contributed by atoms with Crippen molar-refractivity contribution in [2.24, 2.45) is 7.05 Å². The highest BCUT2D eigenvalue weighted by atomic mass is 32.2. The summed E-state index contributed by atoms with van der Waals surface area (Å²) < 4.78 is 29.6. The Morgan fingerprint density at radius 3 is 2.17 bits per heavy atom. The lowest BCUT2D eigenvalue weighted by molar-refractivity contribution is 0.549. The molecule has 0 aliphatic carbocycles. The van der Waals surface area contributed by atoms with Crippen molar-refractivity contribution in [2.75, 3.05) is 0 Å². The van der Waals surface area contributed by atoms with Crippen LogP contribution in [-0.4, -0.2) is 18.2 Å². The van der Waals surface area contributed by atoms with Crippen molar-refractivity contribution < 1.29 is 8.42 Å². The number of aromatic nitrogens is 2. The number of nitrogens with one attached hydrogen (secondary N) is 1. The van der Waals surface area contributed by atoms with E-state index in [0.29, 0.717) is 18.0 Å². The molecule has 1 aromatic heterocycles. The summed E-state index contributed by atoms with van der Waals surface area (Å²) >= 11 is 0. The molecule has 6 heteroatoms. The van der Waals surface area contributed by atoms with E-state index in [4.69, 9.17) is 0 Å². The highest BCUT2D eigenvalue weighted by molar-refractivity contribution is 7.89. The van der Waals surface area contributed by atoms with E-state index in [-0.39, 0.29) is 10.9 Å². The van der Waals surface area contributed by atoms with Crippen molar-refractivity contribution in [3.05, 3.63) is 47.3 Å². The predicted molar refractivity (Wildman–Crippen MR) is 91.8 cm³/mol. The molecule has 0 amide bonds. The summed E-state index contributed by atoms with van der Waals surface area (Å²) in [5, 5.41) is 4.02. The highest BCUT2D eigenvalue weighted by Gasteiger charge is 2.24. The van der Waals surface area contributed by atoms with Crippen LogP contribution in [0.2, 0.25) is 0 Å². The van der Waals surface area contributed by atoms with Gasteiger partial charge in [-0.2, -0.15) is 5.10 Å². The molecule has 1 aromatic carbocycles. The fourth-order valence-electron chi connectivity index (χ4n) is 2.49. The molecule has 0 fully saturated rings. The third-order valence-corrected chi connectivity index (χ3v) is 5.77. The van der Waals surface area contributed by atoms with Gasteiger partial charge in [0.1, 0.15) is 4.90 Å². The zero-order chi connectivity index (χ0) is 17.2. The largest absolute Gasteiger partial charge is 0.272 e. The van der Waals surface area contributed by atoms with E-state index in [1.807, 2.05) is 19.1 Å². The first kappa shape index (κ1) is 17.7. The predicted octanol–water partition coefficient (Wildman–Crippen LogP) is 3.28. The van der Waals surface area contributed by atoms with Crippen molar-refractivity contribution in [1.82, 2.24) is 14.5 Å². The topological polar surface area (TPSA) is 64.0 Å². The number of hydrogen-bond donors (Lipinski definition) is 1. The Morgan fingerprint density at radius 2 is 1.74 bits per heavy atom. The van der Waals surface area contributed by atoms with E-state index < -0.39 is 10.0 Å². The molecule has 126 valence electrons. The van der Waals surface area contributed by atoms with Gasteiger partial charge in [-0.1, -0.05) is 45.0 Å². The van der Waals surface area contributed by atoms with Crippen LogP contribution in [0.3, 0.4) is 0 Å². The van der Waals surface area contributed by atoms with Crippen molar-refractivity contribution in [1.29, 1.82) is 0 Å². The lowest BCUT2D eigenvalue weighted by atomic mass is 9.98. The van der Waals surface area contributed by atoms with Gasteiger partial charge in [0.05, 0.1) is 11.9 Å². The molecule has 0 saturated carbocycles. The van der Waals surface area contributed by atoms with Crippen LogP contribution in [-0.2, 0) is 17.1 Å². The van der Waals surface area contributed by atoms with Crippen molar-refractivity contribution in [2.45, 2.75) is 51.0 Å². The molecule has 2 rings (SSSR count). The molecule has 0 saturated heterocycles. The molecule has 2 aromatic rings. The lowest BCUT2D eigenvalue weighted by Gasteiger charge is -2.18. The SMILES string of the molecule is CCC(NS(=O)(=O)c1cnn(C)c1C)c1ccc(C(C)C)cc1. The van der Waals surface area contributed by atoms with Gasteiger partial charge in [-0.15, -0.1) is 0 Å². The van der Waals surface area contributed by atoms with Gasteiger partial charge < -0.3 is 0 Å². The summed E-state index contributed by atoms with van der Waals surface area (Å²) in [4.78, 5) is 0.234. The van der Waals surface area contributed by atoms with Crippen LogP contribution in [0.15, 0.2) is 35.4 Å². The second-order valence-electron chi connectivity index (χ2n) is 6.12. The molecule has 0 radical (unpaired) electrons. The molecule has 1 unspecified atom stereocenters. The van der Waals surface area contributed by atoms with Gasteiger partial charge in [0.25, 0.3) is 0 Å². The van der Waals surface area contributed by atoms with Gasteiger partial charge in [0, 0.05) is 13.1 Å². The average Bonchev–Trinajstić information content (AvgIpc) is 2.85. The zero-order valence-corrected chi connectivity index (χ0v) is 15.2. The standard InChI is InChI=1S/C17H25N3O2S/c1-6-16(15-9-7-14(8-10-15)12(2)3)19-23(21,22)17-11-18-20(5)13(17)4/h7-12,16,19H,6H2,1-5H3. The summed E-state index contributed by atoms with van der Waals surface area (Å²) in [6, 6.07) is 7.88. The fraction of sp³-hybridized carbons (Fsp3) is 0.471. The Morgan fingerprint density at radius 1 is 1.17 bits per heavy atom. The fourth-order valence-corrected chi connectivity index (χ4v) is 4.00. The van der Waals surface area contributed by atoms with Crippen molar-refractivity contribution in [3.63, 3.8) is 0 Å². The van der Waals surface area contributed by atoms with E-state index >= 15 is 0 Å². The summed E-state index contributed by atoms with van der Waals surface area (Å²) in [6.45, 7) is 8.00. The maximum absolute atomic E-state index is 12.6. The normalized spacial score (nSPS) is 13.5. The molecule has 5 nitrogen and oxygen atoms in total. The Bertz CT molecular complexity index is 762. The third-order valence-electron chi connectivity index (χ3n) is 4.19. The minimum Gasteiger partial charge on any atom is -0.272 e. The molecular formula is C17H25N3O2S. The van der Waals surface area contributed by atoms with Crippen LogP contribution < -0.4 is 4.72 Å². The van der Waals surface area contributed by atoms with Gasteiger partial charge in [0.2, 0.25) is 10.0 Å². The molecule has 0 aliphatic heterocycles. The first-order chi connectivity index (χ1) is 10.8. The minimum absolute atomic E-state index is 0.234. The van der Waals surface area contributed by atoms with Gasteiger partial charge in [-0.25, -0.2) is 13.1 Å². The second-order valence-corrected chi connectivity index (χ2v) is 7.80. The Hall–Kier alpha value is -1.66. The summed E-state index contributed by atoms with van der Waals surface area (Å²) in [6.07, 6.45) is 2.08. The van der Waals surface area contributed by atoms with Gasteiger partial charge in [0.15, 0.2) is 0 Å². The van der Waals surface area contributed by atoms with Crippen LogP contribution in [0.5, 0.6) is 0 Å². The van der Waals surface area contributed by atoms with Gasteiger partial charge >= 0.3 is 0 Å². The molecule has 0 bridgehead atoms. The van der Waals surface area contributed by atoms with Crippen LogP contribution >= 0.6 is 0 Å². The van der Waals surface area contributed by atoms with E-state index in [9.17, 15) is 8.42 Å². The van der Waals surface area contributed by atoms with Crippen LogP contribution in [0.1, 0.15) is 56.0 Å². The average molecular weight is 335 g/mol. The second kappa shape index (κ2) is 6.84. The molecule has 23 heavy (non-hydrogen) atoms. The summed E-state index contributed by atoms with van der Waals surface area (Å²) in [7, 11) is -1.86. The van der Waals surface area contributed by atoms with Crippen LogP contribution in [0.4, 0.5) is 0 Å². The molecule has 0 spiro atoms. The van der Waals surface area contributed by atoms with E-state index in [2.05, 4.69) is 35.8 Å². The maximum Gasteiger partial charge on any atom is 0.244 e. The first-order valence-corrected chi connectivity index (χ1v) is 9.35. The number of rotatable bonds is 6. The number of hydrogen-bond acceptors (Lipinski definition) is 3. The van der Waals surface area contributed by atoms with Crippen molar-refractivity contribution >= 4 is 10.0 Å². The summed E-state index contributed by atoms with van der Waals surface area (Å²) in [5.41, 5.74) is 2.85. The molecular weight excluding hydrogens is 310 g/mol. The van der Waals surface area contributed by atoms with E-state index in [1.54, 1.807) is 18.7 Å². The number of sulfonamides is 1. The molecule has 1 heterocycles. The maximum atomic E-state index is 12.6. The summed E-state index contributed by atoms with van der Waals surface area (Å²) in [5.74, 6) is 0.457. The van der Waals surface area contributed by atoms with Crippen LogP contribution in [0, 0.1) is 6.92 Å². The smallest absolute Gasteiger partial charge is 0.244 e. The zero-order valence-electron chi connectivity index (χ0n) is 14.4. The Labute approximate surface area is 138 Å². The third kappa shape index (κ3) is 3.82. The number of benzene rings is 1. The Balaban J connectivity index is 2.26. The van der Waals surface area contributed by atoms with Gasteiger partial charge in [-0.05, 0) is 30.4 Å². The monoisotopic (exact) mass is 335 g/mol. The molecule has 0 aliphatic rings. The molecule has 1 N–H and O–H groups in total. The quantitative estimate of drug-likeness (QED) is 0.881. The highest BCUT2D eigenvalue weighted by Crippen LogP contribution is 2.23. The van der Waals surface area contributed by atoms with Gasteiger partial charge in [-0.3, -0.25) is 4.68 Å². The Kier molecular flexibility index (Phi) is 5.26.